The molecule has 1 N–H and O–H groups in total. The van der Waals surface area contributed by atoms with Crippen LogP contribution in [0.5, 0.6) is 0 Å². The highest BCUT2D eigenvalue weighted by molar-refractivity contribution is 8.18. The molecule has 0 atom stereocenters. The van der Waals surface area contributed by atoms with E-state index in [4.69, 9.17) is 4.42 Å². The molecule has 2 fully saturated rings. The number of rotatable bonds is 5. The Morgan fingerprint density at radius 3 is 2.78 bits per heavy atom. The van der Waals surface area contributed by atoms with E-state index in [1.54, 1.807) is 24.3 Å². The van der Waals surface area contributed by atoms with Gasteiger partial charge in [0.2, 0.25) is 0 Å². The summed E-state index contributed by atoms with van der Waals surface area (Å²) in [5.41, 5.74) is 0.456. The number of likely N-dealkylation sites (N-methyl/N-ethyl adjacent to an activating group) is 1. The maximum absolute atomic E-state index is 12.3. The fourth-order valence-electron chi connectivity index (χ4n) is 3.59. The molecule has 0 unspecified atom stereocenters. The van der Waals surface area contributed by atoms with Gasteiger partial charge in [0.05, 0.1) is 21.9 Å². The third kappa shape index (κ3) is 5.23. The summed E-state index contributed by atoms with van der Waals surface area (Å²) in [6.07, 6.45) is 6.21. The maximum atomic E-state index is 12.3. The molecule has 32 heavy (non-hydrogen) atoms. The van der Waals surface area contributed by atoms with E-state index >= 15 is 0 Å². The lowest BCUT2D eigenvalue weighted by Gasteiger charge is -2.31. The Bertz CT molecular complexity index is 1060. The SMILES string of the molecule is CN1CCN(CC(=O)/N=C2\NC(=O)/C(=C/c3ccc(C4=CCCC=C4[N+](=O)[O-])o3)S2)CC1. The number of nitro groups is 1. The molecule has 11 heteroatoms. The zero-order valence-corrected chi connectivity index (χ0v) is 18.4. The molecule has 4 rings (SSSR count). The first-order chi connectivity index (χ1) is 15.4. The van der Waals surface area contributed by atoms with Crippen LogP contribution in [0.2, 0.25) is 0 Å². The summed E-state index contributed by atoms with van der Waals surface area (Å²) >= 11 is 1.06. The van der Waals surface area contributed by atoms with Crippen molar-refractivity contribution in [1.82, 2.24) is 15.1 Å². The number of carbonyl (C=O) groups excluding carboxylic acids is 2. The molecule has 2 amide bonds. The van der Waals surface area contributed by atoms with Crippen LogP contribution in [0.4, 0.5) is 0 Å². The first-order valence-corrected chi connectivity index (χ1v) is 11.1. The van der Waals surface area contributed by atoms with Crippen molar-refractivity contribution < 1.29 is 18.9 Å². The summed E-state index contributed by atoms with van der Waals surface area (Å²) in [5, 5.41) is 14.1. The minimum atomic E-state index is -0.423. The molecule has 2 saturated heterocycles. The zero-order chi connectivity index (χ0) is 22.7. The predicted molar refractivity (Wildman–Crippen MR) is 121 cm³/mol. The smallest absolute Gasteiger partial charge is 0.276 e. The van der Waals surface area contributed by atoms with Gasteiger partial charge in [-0.3, -0.25) is 24.6 Å². The highest BCUT2D eigenvalue weighted by Crippen LogP contribution is 2.32. The van der Waals surface area contributed by atoms with Crippen LogP contribution in [0.15, 0.2) is 44.3 Å². The standard InChI is InChI=1S/C21H23N5O5S/c1-24-8-10-25(11-9-24)13-19(27)22-21-23-20(28)18(32-21)12-14-6-7-17(31-14)15-4-2-3-5-16(15)26(29)30/h4-7,12H,2-3,8-11,13H2,1H3,(H,22,23,27,28)/b18-12-. The van der Waals surface area contributed by atoms with Gasteiger partial charge in [-0.1, -0.05) is 6.08 Å². The van der Waals surface area contributed by atoms with Crippen molar-refractivity contribution in [3.63, 3.8) is 0 Å². The minimum Gasteiger partial charge on any atom is -0.456 e. The van der Waals surface area contributed by atoms with E-state index in [9.17, 15) is 19.7 Å². The highest BCUT2D eigenvalue weighted by Gasteiger charge is 2.27. The van der Waals surface area contributed by atoms with Gasteiger partial charge >= 0.3 is 0 Å². The van der Waals surface area contributed by atoms with Crippen molar-refractivity contribution in [2.24, 2.45) is 4.99 Å². The van der Waals surface area contributed by atoms with Crippen LogP contribution >= 0.6 is 11.8 Å². The van der Waals surface area contributed by atoms with Crippen LogP contribution < -0.4 is 5.32 Å². The Kier molecular flexibility index (Phi) is 6.68. The van der Waals surface area contributed by atoms with Gasteiger partial charge < -0.3 is 14.6 Å². The van der Waals surface area contributed by atoms with Crippen LogP contribution in [0, 0.1) is 10.1 Å². The Labute approximate surface area is 188 Å². The predicted octanol–water partition coefficient (Wildman–Crippen LogP) is 1.95. The molecule has 3 heterocycles. The van der Waals surface area contributed by atoms with E-state index in [1.165, 1.54) is 6.08 Å². The lowest BCUT2D eigenvalue weighted by atomic mass is 10.0. The number of piperazine rings is 1. The van der Waals surface area contributed by atoms with E-state index < -0.39 is 4.92 Å². The second-order valence-corrected chi connectivity index (χ2v) is 8.73. The number of amidine groups is 1. The van der Waals surface area contributed by atoms with E-state index in [2.05, 4.69) is 15.2 Å². The van der Waals surface area contributed by atoms with Crippen molar-refractivity contribution >= 4 is 40.4 Å². The molecule has 168 valence electrons. The first-order valence-electron chi connectivity index (χ1n) is 10.3. The second kappa shape index (κ2) is 9.63. The van der Waals surface area contributed by atoms with Crippen molar-refractivity contribution in [2.75, 3.05) is 39.8 Å². The van der Waals surface area contributed by atoms with Gasteiger partial charge in [0.1, 0.15) is 11.5 Å². The van der Waals surface area contributed by atoms with E-state index in [1.807, 2.05) is 11.9 Å². The third-order valence-electron chi connectivity index (χ3n) is 5.32. The van der Waals surface area contributed by atoms with Crippen molar-refractivity contribution in [3.05, 3.63) is 56.5 Å². The van der Waals surface area contributed by atoms with Crippen LogP contribution in [0.1, 0.15) is 24.4 Å². The van der Waals surface area contributed by atoms with Crippen LogP contribution in [-0.2, 0) is 9.59 Å². The lowest BCUT2D eigenvalue weighted by Crippen LogP contribution is -2.46. The van der Waals surface area contributed by atoms with Crippen LogP contribution in [-0.4, -0.2) is 71.5 Å². The molecule has 0 spiro atoms. The number of nitrogens with one attached hydrogen (secondary N) is 1. The fraction of sp³-hybridized carbons (Fsp3) is 0.381. The summed E-state index contributed by atoms with van der Waals surface area (Å²) in [6.45, 7) is 3.65. The lowest BCUT2D eigenvalue weighted by molar-refractivity contribution is -0.417. The zero-order valence-electron chi connectivity index (χ0n) is 17.6. The average Bonchev–Trinajstić information content (AvgIpc) is 3.36. The molecule has 1 aromatic heterocycles. The molecule has 2 aliphatic heterocycles. The average molecular weight is 458 g/mol. The molecule has 0 saturated carbocycles. The van der Waals surface area contributed by atoms with Gasteiger partial charge in [0, 0.05) is 32.3 Å². The molecular formula is C21H23N5O5S. The van der Waals surface area contributed by atoms with Crippen molar-refractivity contribution in [2.45, 2.75) is 12.8 Å². The van der Waals surface area contributed by atoms with Gasteiger partial charge in [0.15, 0.2) is 5.17 Å². The number of hydrogen-bond acceptors (Lipinski definition) is 8. The fourth-order valence-corrected chi connectivity index (χ4v) is 4.41. The molecular weight excluding hydrogens is 434 g/mol. The Morgan fingerprint density at radius 1 is 1.28 bits per heavy atom. The molecule has 0 bridgehead atoms. The van der Waals surface area contributed by atoms with E-state index in [0.717, 1.165) is 37.9 Å². The quantitative estimate of drug-likeness (QED) is 0.405. The monoisotopic (exact) mass is 457 g/mol. The number of thioether (sulfide) groups is 1. The highest BCUT2D eigenvalue weighted by atomic mass is 32.2. The van der Waals surface area contributed by atoms with Crippen molar-refractivity contribution in [3.8, 4) is 0 Å². The maximum Gasteiger partial charge on any atom is 0.276 e. The summed E-state index contributed by atoms with van der Waals surface area (Å²) in [5.74, 6) is 0.0834. The molecule has 3 aliphatic rings. The minimum absolute atomic E-state index is 0.0195. The molecule has 1 aromatic rings. The summed E-state index contributed by atoms with van der Waals surface area (Å²) < 4.78 is 5.74. The van der Waals surface area contributed by atoms with Crippen LogP contribution in [0.25, 0.3) is 11.6 Å². The normalized spacial score (nSPS) is 22.7. The first kappa shape index (κ1) is 22.2. The number of carbonyl (C=O) groups is 2. The van der Waals surface area contributed by atoms with E-state index in [-0.39, 0.29) is 29.2 Å². The van der Waals surface area contributed by atoms with Gasteiger partial charge in [-0.25, -0.2) is 0 Å². The number of nitrogens with zero attached hydrogens (tertiary/aromatic N) is 4. The van der Waals surface area contributed by atoms with Gasteiger partial charge in [-0.05, 0) is 49.9 Å². The number of amides is 2. The summed E-state index contributed by atoms with van der Waals surface area (Å²) in [7, 11) is 2.05. The molecule has 10 nitrogen and oxygen atoms in total. The topological polar surface area (TPSA) is 121 Å². The Balaban J connectivity index is 1.41. The van der Waals surface area contributed by atoms with Crippen LogP contribution in [0.3, 0.4) is 0 Å². The number of furan rings is 1. The molecule has 1 aliphatic carbocycles. The van der Waals surface area contributed by atoms with Gasteiger partial charge in [-0.15, -0.1) is 0 Å². The number of hydrogen-bond donors (Lipinski definition) is 1. The second-order valence-electron chi connectivity index (χ2n) is 7.70. The van der Waals surface area contributed by atoms with E-state index in [0.29, 0.717) is 34.8 Å². The Morgan fingerprint density at radius 2 is 2.03 bits per heavy atom. The summed E-state index contributed by atoms with van der Waals surface area (Å²) in [4.78, 5) is 44.0. The number of aliphatic imine (C=N–C) groups is 1. The molecule has 0 radical (unpaired) electrons. The summed E-state index contributed by atoms with van der Waals surface area (Å²) in [6, 6.07) is 3.30. The largest absolute Gasteiger partial charge is 0.456 e. The Hall–Kier alpha value is -3.02. The van der Waals surface area contributed by atoms with Gasteiger partial charge in [-0.2, -0.15) is 4.99 Å². The molecule has 0 aromatic carbocycles. The third-order valence-corrected chi connectivity index (χ3v) is 6.23. The van der Waals surface area contributed by atoms with Gasteiger partial charge in [0.25, 0.3) is 17.5 Å². The number of allylic oxidation sites excluding steroid dienone is 3. The van der Waals surface area contributed by atoms with Crippen molar-refractivity contribution in [1.29, 1.82) is 0 Å².